The largest absolute Gasteiger partial charge is 0.507 e. The molecule has 1 aromatic heterocycles. The summed E-state index contributed by atoms with van der Waals surface area (Å²) in [5.41, 5.74) is 2.96. The maximum absolute atomic E-state index is 13.5. The quantitative estimate of drug-likeness (QED) is 0.168. The third-order valence-electron chi connectivity index (χ3n) is 6.59. The van der Waals surface area contributed by atoms with E-state index >= 15 is 0 Å². The third kappa shape index (κ3) is 4.52. The lowest BCUT2D eigenvalue weighted by Gasteiger charge is -2.23. The van der Waals surface area contributed by atoms with Crippen molar-refractivity contribution in [2.75, 3.05) is 18.6 Å². The molecule has 1 aliphatic heterocycles. The molecule has 1 saturated heterocycles. The second-order valence-corrected chi connectivity index (χ2v) is 10.3. The number of anilines is 1. The first kappa shape index (κ1) is 25.5. The molecule has 1 N–H and O–H groups in total. The van der Waals surface area contributed by atoms with Crippen molar-refractivity contribution in [3.8, 4) is 11.5 Å². The predicted molar refractivity (Wildman–Crippen MR) is 149 cm³/mol. The monoisotopic (exact) mass is 528 g/mol. The summed E-state index contributed by atoms with van der Waals surface area (Å²) < 4.78 is 11.7. The number of thiazole rings is 1. The molecular formula is C30H28N2O5S. The number of benzene rings is 3. The number of aliphatic hydroxyl groups excluding tert-OH is 1. The molecule has 1 amide bonds. The molecule has 0 radical (unpaired) electrons. The number of nitrogens with zero attached hydrogens (tertiary/aromatic N) is 2. The second-order valence-electron chi connectivity index (χ2n) is 9.28. The second kappa shape index (κ2) is 10.3. The van der Waals surface area contributed by atoms with Crippen molar-refractivity contribution in [2.45, 2.75) is 32.7 Å². The molecular weight excluding hydrogens is 500 g/mol. The Morgan fingerprint density at radius 3 is 2.34 bits per heavy atom. The van der Waals surface area contributed by atoms with Gasteiger partial charge in [0.1, 0.15) is 17.3 Å². The van der Waals surface area contributed by atoms with E-state index in [1.165, 1.54) is 16.2 Å². The minimum Gasteiger partial charge on any atom is -0.507 e. The fraction of sp³-hybridized carbons (Fsp3) is 0.233. The number of aliphatic hydroxyl groups is 1. The fourth-order valence-corrected chi connectivity index (χ4v) is 5.59. The SMILES string of the molecule is CCOc1ccc2nc(N3C(=O)C(=O)C(=C(O)c4ccc(OC)cc4)[C@@H]3c3ccc(C(C)C)cc3)sc2c1. The molecule has 38 heavy (non-hydrogen) atoms. The van der Waals surface area contributed by atoms with Gasteiger partial charge in [0.15, 0.2) is 5.13 Å². The number of ketones is 1. The fourth-order valence-electron chi connectivity index (χ4n) is 4.57. The van der Waals surface area contributed by atoms with Crippen LogP contribution in [0, 0.1) is 0 Å². The van der Waals surface area contributed by atoms with Crippen LogP contribution < -0.4 is 14.4 Å². The van der Waals surface area contributed by atoms with Gasteiger partial charge in [0.25, 0.3) is 5.78 Å². The number of carbonyl (C=O) groups is 2. The standard InChI is InChI=1S/C30H28N2O5S/c1-5-37-22-14-15-23-24(16-22)38-30(31-23)32-26(19-8-6-18(7-9-19)17(2)3)25(28(34)29(32)35)27(33)20-10-12-21(36-4)13-11-20/h6-17,26,33H,5H2,1-4H3/t26-/m0/s1. The van der Waals surface area contributed by atoms with Crippen molar-refractivity contribution >= 4 is 44.1 Å². The Kier molecular flexibility index (Phi) is 6.91. The highest BCUT2D eigenvalue weighted by atomic mass is 32.1. The Labute approximate surface area is 225 Å². The molecule has 8 heteroatoms. The third-order valence-corrected chi connectivity index (χ3v) is 7.61. The van der Waals surface area contributed by atoms with E-state index in [1.54, 1.807) is 31.4 Å². The summed E-state index contributed by atoms with van der Waals surface area (Å²) in [7, 11) is 1.55. The highest BCUT2D eigenvalue weighted by Gasteiger charge is 2.48. The lowest BCUT2D eigenvalue weighted by atomic mass is 9.93. The molecule has 4 aromatic rings. The molecule has 0 saturated carbocycles. The van der Waals surface area contributed by atoms with Gasteiger partial charge >= 0.3 is 5.91 Å². The summed E-state index contributed by atoms with van der Waals surface area (Å²) in [6.45, 7) is 6.64. The van der Waals surface area contributed by atoms with Gasteiger partial charge in [-0.2, -0.15) is 0 Å². The van der Waals surface area contributed by atoms with Crippen LogP contribution in [0.1, 0.15) is 49.4 Å². The Hall–Kier alpha value is -4.17. The van der Waals surface area contributed by atoms with Gasteiger partial charge in [-0.3, -0.25) is 14.5 Å². The zero-order valence-corrected chi connectivity index (χ0v) is 22.4. The number of Topliss-reactive ketones (excluding diaryl/α,β-unsaturated/α-hetero) is 1. The maximum atomic E-state index is 13.5. The highest BCUT2D eigenvalue weighted by Crippen LogP contribution is 2.45. The van der Waals surface area contributed by atoms with Gasteiger partial charge in [-0.05, 0) is 66.4 Å². The van der Waals surface area contributed by atoms with E-state index in [2.05, 4.69) is 18.8 Å². The molecule has 0 unspecified atom stereocenters. The molecule has 0 spiro atoms. The molecule has 1 aliphatic rings. The lowest BCUT2D eigenvalue weighted by Crippen LogP contribution is -2.29. The van der Waals surface area contributed by atoms with Crippen LogP contribution in [0.2, 0.25) is 0 Å². The van der Waals surface area contributed by atoms with E-state index < -0.39 is 17.7 Å². The minimum atomic E-state index is -0.842. The Morgan fingerprint density at radius 1 is 1.03 bits per heavy atom. The smallest absolute Gasteiger partial charge is 0.301 e. The topological polar surface area (TPSA) is 89.0 Å². The summed E-state index contributed by atoms with van der Waals surface area (Å²) in [5, 5.41) is 11.7. The molecule has 2 heterocycles. The average Bonchev–Trinajstić information content (AvgIpc) is 3.46. The summed E-state index contributed by atoms with van der Waals surface area (Å²) in [6.07, 6.45) is 0. The van der Waals surface area contributed by atoms with E-state index in [-0.39, 0.29) is 11.3 Å². The number of methoxy groups -OCH3 is 1. The molecule has 5 rings (SSSR count). The van der Waals surface area contributed by atoms with Gasteiger partial charge < -0.3 is 14.6 Å². The summed E-state index contributed by atoms with van der Waals surface area (Å²) in [4.78, 5) is 33.1. The van der Waals surface area contributed by atoms with E-state index in [0.29, 0.717) is 45.8 Å². The predicted octanol–water partition coefficient (Wildman–Crippen LogP) is 6.45. The first-order valence-corrected chi connectivity index (χ1v) is 13.2. The van der Waals surface area contributed by atoms with Gasteiger partial charge in [0, 0.05) is 5.56 Å². The molecule has 1 fully saturated rings. The molecule has 7 nitrogen and oxygen atoms in total. The molecule has 194 valence electrons. The highest BCUT2D eigenvalue weighted by molar-refractivity contribution is 7.22. The number of ether oxygens (including phenoxy) is 2. The van der Waals surface area contributed by atoms with Crippen LogP contribution in [0.4, 0.5) is 5.13 Å². The van der Waals surface area contributed by atoms with E-state index in [0.717, 1.165) is 10.3 Å². The maximum Gasteiger partial charge on any atom is 0.301 e. The van der Waals surface area contributed by atoms with Crippen molar-refractivity contribution in [2.24, 2.45) is 0 Å². The van der Waals surface area contributed by atoms with Crippen LogP contribution in [0.5, 0.6) is 11.5 Å². The average molecular weight is 529 g/mol. The molecule has 1 atom stereocenters. The first-order valence-electron chi connectivity index (χ1n) is 12.4. The van der Waals surface area contributed by atoms with Crippen LogP contribution >= 0.6 is 11.3 Å². The van der Waals surface area contributed by atoms with Crippen molar-refractivity contribution in [3.63, 3.8) is 0 Å². The Balaban J connectivity index is 1.67. The number of aromatic nitrogens is 1. The van der Waals surface area contributed by atoms with Crippen LogP contribution in [-0.2, 0) is 9.59 Å². The lowest BCUT2D eigenvalue weighted by molar-refractivity contribution is -0.132. The van der Waals surface area contributed by atoms with Gasteiger partial charge in [0.05, 0.1) is 35.5 Å². The van der Waals surface area contributed by atoms with Gasteiger partial charge in [-0.1, -0.05) is 49.4 Å². The number of amides is 1. The van der Waals surface area contributed by atoms with Crippen LogP contribution in [0.15, 0.2) is 72.3 Å². The zero-order valence-electron chi connectivity index (χ0n) is 21.6. The van der Waals surface area contributed by atoms with Crippen molar-refractivity contribution in [1.82, 2.24) is 4.98 Å². The van der Waals surface area contributed by atoms with Crippen LogP contribution in [0.25, 0.3) is 16.0 Å². The van der Waals surface area contributed by atoms with Gasteiger partial charge in [-0.25, -0.2) is 4.98 Å². The normalized spacial score (nSPS) is 17.0. The molecule has 0 aliphatic carbocycles. The molecule has 3 aromatic carbocycles. The van der Waals surface area contributed by atoms with Crippen molar-refractivity contribution < 1.29 is 24.2 Å². The molecule has 0 bridgehead atoms. The number of hydrogen-bond acceptors (Lipinski definition) is 7. The summed E-state index contributed by atoms with van der Waals surface area (Å²) in [5.74, 6) is -0.0985. The van der Waals surface area contributed by atoms with E-state index in [4.69, 9.17) is 9.47 Å². The minimum absolute atomic E-state index is 0.0201. The summed E-state index contributed by atoms with van der Waals surface area (Å²) in [6, 6.07) is 19.2. The first-order chi connectivity index (χ1) is 18.3. The van der Waals surface area contributed by atoms with E-state index in [9.17, 15) is 14.7 Å². The summed E-state index contributed by atoms with van der Waals surface area (Å²) >= 11 is 1.30. The van der Waals surface area contributed by atoms with Crippen LogP contribution in [-0.4, -0.2) is 35.5 Å². The van der Waals surface area contributed by atoms with Gasteiger partial charge in [-0.15, -0.1) is 0 Å². The Bertz CT molecular complexity index is 1540. The Morgan fingerprint density at radius 2 is 1.71 bits per heavy atom. The number of rotatable bonds is 7. The van der Waals surface area contributed by atoms with Crippen LogP contribution in [0.3, 0.4) is 0 Å². The zero-order chi connectivity index (χ0) is 27.0. The van der Waals surface area contributed by atoms with E-state index in [1.807, 2.05) is 49.4 Å². The number of hydrogen-bond donors (Lipinski definition) is 1. The van der Waals surface area contributed by atoms with Crippen molar-refractivity contribution in [3.05, 3.63) is 89.0 Å². The number of carbonyl (C=O) groups excluding carboxylic acids is 2. The van der Waals surface area contributed by atoms with Crippen molar-refractivity contribution in [1.29, 1.82) is 0 Å². The van der Waals surface area contributed by atoms with Gasteiger partial charge in [0.2, 0.25) is 0 Å². The number of fused-ring (bicyclic) bond motifs is 1.